The van der Waals surface area contributed by atoms with Crippen LogP contribution in [0.5, 0.6) is 5.75 Å². The molecule has 0 amide bonds. The molecule has 23 heavy (non-hydrogen) atoms. The molecule has 0 bridgehead atoms. The number of nitrogens with zero attached hydrogens (tertiary/aromatic N) is 3. The Morgan fingerprint density at radius 3 is 2.61 bits per heavy atom. The van der Waals surface area contributed by atoms with Gasteiger partial charge in [0.25, 0.3) is 0 Å². The quantitative estimate of drug-likeness (QED) is 0.907. The lowest BCUT2D eigenvalue weighted by Gasteiger charge is -2.19. The number of rotatable bonds is 5. The molecule has 2 heterocycles. The summed E-state index contributed by atoms with van der Waals surface area (Å²) >= 11 is 0. The molecule has 1 N–H and O–H groups in total. The summed E-state index contributed by atoms with van der Waals surface area (Å²) < 4.78 is 5.86. The zero-order chi connectivity index (χ0) is 16.2. The highest BCUT2D eigenvalue weighted by Crippen LogP contribution is 2.29. The van der Waals surface area contributed by atoms with Gasteiger partial charge in [-0.25, -0.2) is 9.97 Å². The van der Waals surface area contributed by atoms with Crippen molar-refractivity contribution in [3.8, 4) is 5.75 Å². The van der Waals surface area contributed by atoms with Crippen molar-refractivity contribution in [2.45, 2.75) is 39.7 Å². The number of anilines is 3. The van der Waals surface area contributed by atoms with Crippen molar-refractivity contribution in [3.63, 3.8) is 0 Å². The summed E-state index contributed by atoms with van der Waals surface area (Å²) in [4.78, 5) is 11.4. The van der Waals surface area contributed by atoms with Crippen LogP contribution >= 0.6 is 0 Å². The molecule has 0 atom stereocenters. The second-order valence-electron chi connectivity index (χ2n) is 6.14. The normalized spacial score (nSPS) is 14.3. The highest BCUT2D eigenvalue weighted by Gasteiger charge is 2.15. The summed E-state index contributed by atoms with van der Waals surface area (Å²) in [5.41, 5.74) is 0.923. The van der Waals surface area contributed by atoms with Crippen LogP contribution in [-0.2, 0) is 0 Å². The molecule has 0 spiro atoms. The second kappa shape index (κ2) is 6.86. The van der Waals surface area contributed by atoms with Crippen LogP contribution in [0.1, 0.15) is 32.5 Å². The Morgan fingerprint density at radius 2 is 1.87 bits per heavy atom. The van der Waals surface area contributed by atoms with Gasteiger partial charge in [-0.2, -0.15) is 0 Å². The molecule has 0 saturated carbocycles. The van der Waals surface area contributed by atoms with E-state index in [1.165, 1.54) is 12.8 Å². The molecule has 122 valence electrons. The fourth-order valence-corrected chi connectivity index (χ4v) is 2.79. The van der Waals surface area contributed by atoms with Gasteiger partial charge in [-0.3, -0.25) is 0 Å². The van der Waals surface area contributed by atoms with E-state index in [1.54, 1.807) is 0 Å². The largest absolute Gasteiger partial charge is 0.489 e. The Labute approximate surface area is 137 Å². The van der Waals surface area contributed by atoms with E-state index in [2.05, 4.69) is 20.2 Å². The van der Waals surface area contributed by atoms with Crippen LogP contribution < -0.4 is 15.0 Å². The minimum Gasteiger partial charge on any atom is -0.489 e. The first-order chi connectivity index (χ1) is 11.1. The number of hydrogen-bond acceptors (Lipinski definition) is 5. The number of aromatic nitrogens is 2. The predicted molar refractivity (Wildman–Crippen MR) is 93.7 cm³/mol. The van der Waals surface area contributed by atoms with E-state index in [4.69, 9.17) is 4.74 Å². The van der Waals surface area contributed by atoms with Gasteiger partial charge in [-0.1, -0.05) is 12.1 Å². The fraction of sp³-hybridized carbons (Fsp3) is 0.444. The van der Waals surface area contributed by atoms with E-state index in [1.807, 2.05) is 51.1 Å². The second-order valence-corrected chi connectivity index (χ2v) is 6.14. The Kier molecular flexibility index (Phi) is 4.65. The van der Waals surface area contributed by atoms with Gasteiger partial charge in [-0.15, -0.1) is 0 Å². The van der Waals surface area contributed by atoms with E-state index in [9.17, 15) is 0 Å². The van der Waals surface area contributed by atoms with Crippen LogP contribution in [0.25, 0.3) is 0 Å². The lowest BCUT2D eigenvalue weighted by molar-refractivity contribution is 0.244. The Balaban J connectivity index is 1.85. The molecule has 1 aromatic heterocycles. The molecule has 1 fully saturated rings. The van der Waals surface area contributed by atoms with Gasteiger partial charge in [0.2, 0.25) is 0 Å². The predicted octanol–water partition coefficient (Wildman–Crippen LogP) is 3.92. The van der Waals surface area contributed by atoms with E-state index < -0.39 is 0 Å². The molecule has 0 aliphatic carbocycles. The summed E-state index contributed by atoms with van der Waals surface area (Å²) in [6.07, 6.45) is 2.60. The molecule has 3 rings (SSSR count). The minimum absolute atomic E-state index is 0.130. The van der Waals surface area contributed by atoms with Crippen molar-refractivity contribution in [1.82, 2.24) is 9.97 Å². The van der Waals surface area contributed by atoms with Crippen LogP contribution in [-0.4, -0.2) is 29.2 Å². The summed E-state index contributed by atoms with van der Waals surface area (Å²) in [5, 5.41) is 3.38. The van der Waals surface area contributed by atoms with Crippen molar-refractivity contribution < 1.29 is 4.74 Å². The van der Waals surface area contributed by atoms with Crippen LogP contribution in [0.2, 0.25) is 0 Å². The summed E-state index contributed by atoms with van der Waals surface area (Å²) in [7, 11) is 0. The molecule has 0 unspecified atom stereocenters. The molecular formula is C18H24N4O. The standard InChI is InChI=1S/C18H24N4O/c1-13(2)23-16-9-5-4-8-15(16)21-17-12-18(20-14(3)19-17)22-10-6-7-11-22/h4-5,8-9,12-13H,6-7,10-11H2,1-3H3,(H,19,20,21). The van der Waals surface area contributed by atoms with Gasteiger partial charge in [0.15, 0.2) is 0 Å². The van der Waals surface area contributed by atoms with Crippen LogP contribution in [0.4, 0.5) is 17.3 Å². The Hall–Kier alpha value is -2.30. The van der Waals surface area contributed by atoms with Gasteiger partial charge in [0.05, 0.1) is 11.8 Å². The highest BCUT2D eigenvalue weighted by molar-refractivity contribution is 5.65. The van der Waals surface area contributed by atoms with E-state index in [-0.39, 0.29) is 6.10 Å². The Bertz CT molecular complexity index is 666. The monoisotopic (exact) mass is 312 g/mol. The zero-order valence-electron chi connectivity index (χ0n) is 14.0. The minimum atomic E-state index is 0.130. The van der Waals surface area contributed by atoms with Gasteiger partial charge >= 0.3 is 0 Å². The average Bonchev–Trinajstić information content (AvgIpc) is 3.02. The number of nitrogens with one attached hydrogen (secondary N) is 1. The number of hydrogen-bond donors (Lipinski definition) is 1. The average molecular weight is 312 g/mol. The maximum atomic E-state index is 5.86. The molecule has 1 aliphatic heterocycles. The molecule has 1 saturated heterocycles. The van der Waals surface area contributed by atoms with Gasteiger partial charge in [0, 0.05) is 19.2 Å². The molecule has 2 aromatic rings. The van der Waals surface area contributed by atoms with Gasteiger partial charge < -0.3 is 15.0 Å². The molecule has 1 aliphatic rings. The van der Waals surface area contributed by atoms with Crippen molar-refractivity contribution >= 4 is 17.3 Å². The smallest absolute Gasteiger partial charge is 0.143 e. The third-order valence-electron chi connectivity index (χ3n) is 3.77. The molecule has 5 nitrogen and oxygen atoms in total. The third-order valence-corrected chi connectivity index (χ3v) is 3.77. The van der Waals surface area contributed by atoms with Gasteiger partial charge in [0.1, 0.15) is 23.2 Å². The van der Waals surface area contributed by atoms with E-state index in [0.717, 1.165) is 42.0 Å². The van der Waals surface area contributed by atoms with E-state index in [0.29, 0.717) is 0 Å². The molecule has 5 heteroatoms. The number of ether oxygens (including phenoxy) is 1. The maximum Gasteiger partial charge on any atom is 0.143 e. The first-order valence-electron chi connectivity index (χ1n) is 8.25. The summed E-state index contributed by atoms with van der Waals surface area (Å²) in [5.74, 6) is 3.42. The number of para-hydroxylation sites is 2. The Morgan fingerprint density at radius 1 is 1.13 bits per heavy atom. The molecular weight excluding hydrogens is 288 g/mol. The zero-order valence-corrected chi connectivity index (χ0v) is 14.0. The van der Waals surface area contributed by atoms with Crippen molar-refractivity contribution in [1.29, 1.82) is 0 Å². The molecule has 0 radical (unpaired) electrons. The first-order valence-corrected chi connectivity index (χ1v) is 8.25. The van der Waals surface area contributed by atoms with E-state index >= 15 is 0 Å². The van der Waals surface area contributed by atoms with Crippen LogP contribution in [0, 0.1) is 6.92 Å². The summed E-state index contributed by atoms with van der Waals surface area (Å²) in [6.45, 7) is 8.13. The lowest BCUT2D eigenvalue weighted by atomic mass is 10.3. The molecule has 1 aromatic carbocycles. The summed E-state index contributed by atoms with van der Waals surface area (Å²) in [6, 6.07) is 9.96. The van der Waals surface area contributed by atoms with Crippen molar-refractivity contribution in [3.05, 3.63) is 36.2 Å². The third kappa shape index (κ3) is 3.92. The van der Waals surface area contributed by atoms with Crippen molar-refractivity contribution in [2.75, 3.05) is 23.3 Å². The van der Waals surface area contributed by atoms with Crippen molar-refractivity contribution in [2.24, 2.45) is 0 Å². The first kappa shape index (κ1) is 15.6. The number of benzene rings is 1. The topological polar surface area (TPSA) is 50.3 Å². The number of aryl methyl sites for hydroxylation is 1. The van der Waals surface area contributed by atoms with Crippen LogP contribution in [0.3, 0.4) is 0 Å². The SMILES string of the molecule is Cc1nc(Nc2ccccc2OC(C)C)cc(N2CCCC2)n1. The van der Waals surface area contributed by atoms with Crippen LogP contribution in [0.15, 0.2) is 30.3 Å². The lowest BCUT2D eigenvalue weighted by Crippen LogP contribution is -2.19. The maximum absolute atomic E-state index is 5.86. The highest BCUT2D eigenvalue weighted by atomic mass is 16.5. The fourth-order valence-electron chi connectivity index (χ4n) is 2.79. The van der Waals surface area contributed by atoms with Gasteiger partial charge in [-0.05, 0) is 45.7 Å².